The lowest BCUT2D eigenvalue weighted by Crippen LogP contribution is -2.17. The molecular formula is C13H20Cl2N4O. The third kappa shape index (κ3) is 3.40. The van der Waals surface area contributed by atoms with Gasteiger partial charge in [0.05, 0.1) is 6.33 Å². The number of halogens is 2. The smallest absolute Gasteiger partial charge is 0.225 e. The van der Waals surface area contributed by atoms with Crippen molar-refractivity contribution in [3.8, 4) is 0 Å². The molecule has 0 amide bonds. The molecule has 1 fully saturated rings. The van der Waals surface area contributed by atoms with E-state index in [0.29, 0.717) is 11.2 Å². The van der Waals surface area contributed by atoms with Crippen molar-refractivity contribution in [3.63, 3.8) is 0 Å². The molecule has 1 aliphatic rings. The minimum absolute atomic E-state index is 0. The van der Waals surface area contributed by atoms with Crippen LogP contribution in [0.4, 0.5) is 0 Å². The van der Waals surface area contributed by atoms with Crippen LogP contribution in [0, 0.1) is 0 Å². The molecule has 2 aromatic rings. The van der Waals surface area contributed by atoms with E-state index in [0.717, 1.165) is 25.9 Å². The van der Waals surface area contributed by atoms with Crippen molar-refractivity contribution in [2.24, 2.45) is 0 Å². The van der Waals surface area contributed by atoms with E-state index in [4.69, 9.17) is 27.9 Å². The van der Waals surface area contributed by atoms with Crippen molar-refractivity contribution in [2.45, 2.75) is 46.8 Å². The van der Waals surface area contributed by atoms with Crippen molar-refractivity contribution in [1.29, 1.82) is 0 Å². The first-order valence-electron chi connectivity index (χ1n) is 6.43. The average molecular weight is 319 g/mol. The van der Waals surface area contributed by atoms with Crippen LogP contribution in [-0.4, -0.2) is 26.1 Å². The summed E-state index contributed by atoms with van der Waals surface area (Å²) in [4.78, 5) is 12.2. The largest absolute Gasteiger partial charge is 0.358 e. The van der Waals surface area contributed by atoms with Gasteiger partial charge in [-0.15, -0.1) is 0 Å². The van der Waals surface area contributed by atoms with Crippen LogP contribution in [0.2, 0.25) is 10.4 Å². The second-order valence-corrected chi connectivity index (χ2v) is 4.62. The SMILES string of the molecule is C.CC.Clc1nc(Cl)c2ncn(C3CCCCO3)c2n1. The molecule has 20 heavy (non-hydrogen) atoms. The summed E-state index contributed by atoms with van der Waals surface area (Å²) in [5.41, 5.74) is 1.19. The number of ether oxygens (including phenoxy) is 1. The summed E-state index contributed by atoms with van der Waals surface area (Å²) in [7, 11) is 0. The Morgan fingerprint density at radius 2 is 2.00 bits per heavy atom. The maximum atomic E-state index is 5.96. The zero-order valence-corrected chi connectivity index (χ0v) is 12.4. The predicted octanol–water partition coefficient (Wildman–Crippen LogP) is 4.49. The zero-order valence-electron chi connectivity index (χ0n) is 10.9. The first-order chi connectivity index (χ1) is 9.25. The highest BCUT2D eigenvalue weighted by molar-refractivity contribution is 6.35. The van der Waals surface area contributed by atoms with Gasteiger partial charge in [0, 0.05) is 6.61 Å². The molecule has 0 saturated carbocycles. The van der Waals surface area contributed by atoms with Crippen molar-refractivity contribution < 1.29 is 4.74 Å². The predicted molar refractivity (Wildman–Crippen MR) is 82.3 cm³/mol. The molecule has 1 atom stereocenters. The molecule has 0 bridgehead atoms. The molecule has 0 radical (unpaired) electrons. The maximum Gasteiger partial charge on any atom is 0.225 e. The highest BCUT2D eigenvalue weighted by Crippen LogP contribution is 2.28. The van der Waals surface area contributed by atoms with E-state index in [9.17, 15) is 0 Å². The normalized spacial score (nSPS) is 18.1. The maximum absolute atomic E-state index is 5.96. The van der Waals surface area contributed by atoms with Gasteiger partial charge in [0.25, 0.3) is 0 Å². The molecule has 0 N–H and O–H groups in total. The van der Waals surface area contributed by atoms with Crippen molar-refractivity contribution in [3.05, 3.63) is 16.8 Å². The summed E-state index contributed by atoms with van der Waals surface area (Å²) in [6.45, 7) is 4.76. The zero-order chi connectivity index (χ0) is 13.8. The Labute approximate surface area is 129 Å². The number of hydrogen-bond donors (Lipinski definition) is 0. The quantitative estimate of drug-likeness (QED) is 0.574. The fourth-order valence-electron chi connectivity index (χ4n) is 2.01. The highest BCUT2D eigenvalue weighted by Gasteiger charge is 2.20. The summed E-state index contributed by atoms with van der Waals surface area (Å²) < 4.78 is 7.56. The number of rotatable bonds is 1. The average Bonchev–Trinajstić information content (AvgIpc) is 2.86. The van der Waals surface area contributed by atoms with Gasteiger partial charge in [-0.2, -0.15) is 4.98 Å². The molecule has 0 spiro atoms. The molecular weight excluding hydrogens is 299 g/mol. The third-order valence-electron chi connectivity index (χ3n) is 2.82. The van der Waals surface area contributed by atoms with Gasteiger partial charge in [0.15, 0.2) is 10.8 Å². The molecule has 5 nitrogen and oxygen atoms in total. The summed E-state index contributed by atoms with van der Waals surface area (Å²) in [6, 6.07) is 0. The molecule has 3 rings (SSSR count). The van der Waals surface area contributed by atoms with Crippen molar-refractivity contribution >= 4 is 34.4 Å². The Balaban J connectivity index is 0.000000639. The minimum atomic E-state index is -0.0317. The van der Waals surface area contributed by atoms with Crippen LogP contribution < -0.4 is 0 Å². The van der Waals surface area contributed by atoms with Gasteiger partial charge in [0.1, 0.15) is 11.7 Å². The van der Waals surface area contributed by atoms with E-state index in [1.54, 1.807) is 6.33 Å². The first kappa shape index (κ1) is 17.1. The van der Waals surface area contributed by atoms with E-state index in [1.165, 1.54) is 0 Å². The Morgan fingerprint density at radius 1 is 1.25 bits per heavy atom. The third-order valence-corrected chi connectivity index (χ3v) is 3.25. The fourth-order valence-corrected chi connectivity index (χ4v) is 2.43. The summed E-state index contributed by atoms with van der Waals surface area (Å²) in [6.07, 6.45) is 4.83. The van der Waals surface area contributed by atoms with Crippen LogP contribution in [0.3, 0.4) is 0 Å². The molecule has 1 saturated heterocycles. The van der Waals surface area contributed by atoms with Crippen LogP contribution >= 0.6 is 23.2 Å². The Kier molecular flexibility index (Phi) is 6.65. The van der Waals surface area contributed by atoms with Crippen LogP contribution in [0.1, 0.15) is 46.8 Å². The molecule has 0 aromatic carbocycles. The van der Waals surface area contributed by atoms with Gasteiger partial charge < -0.3 is 4.74 Å². The van der Waals surface area contributed by atoms with Crippen LogP contribution in [0.15, 0.2) is 6.33 Å². The van der Waals surface area contributed by atoms with Gasteiger partial charge >= 0.3 is 0 Å². The van der Waals surface area contributed by atoms with E-state index < -0.39 is 0 Å². The molecule has 7 heteroatoms. The first-order valence-corrected chi connectivity index (χ1v) is 7.18. The Morgan fingerprint density at radius 3 is 2.65 bits per heavy atom. The Bertz CT molecular complexity index is 553. The lowest BCUT2D eigenvalue weighted by atomic mass is 10.2. The number of hydrogen-bond acceptors (Lipinski definition) is 4. The molecule has 3 heterocycles. The van der Waals surface area contributed by atoms with Crippen LogP contribution in [0.25, 0.3) is 11.2 Å². The van der Waals surface area contributed by atoms with Gasteiger partial charge in [-0.25, -0.2) is 9.97 Å². The van der Waals surface area contributed by atoms with Gasteiger partial charge in [0.2, 0.25) is 5.28 Å². The summed E-state index contributed by atoms with van der Waals surface area (Å²) in [5, 5.41) is 0.398. The molecule has 112 valence electrons. The molecule has 1 unspecified atom stereocenters. The van der Waals surface area contributed by atoms with Crippen LogP contribution in [0.5, 0.6) is 0 Å². The molecule has 2 aromatic heterocycles. The van der Waals surface area contributed by atoms with Crippen molar-refractivity contribution in [1.82, 2.24) is 19.5 Å². The van der Waals surface area contributed by atoms with Gasteiger partial charge in [-0.1, -0.05) is 32.9 Å². The molecule has 1 aliphatic heterocycles. The number of imidazole rings is 1. The highest BCUT2D eigenvalue weighted by atomic mass is 35.5. The standard InChI is InChI=1S/C10H10Cl2N4O.C2H6.CH4/c11-8-7-9(15-10(12)14-8)16(5-13-7)6-3-1-2-4-17-6;1-2;/h5-6H,1-4H2;1-2H3;1H4. The number of nitrogens with zero attached hydrogens (tertiary/aromatic N) is 4. The van der Waals surface area contributed by atoms with E-state index in [1.807, 2.05) is 18.4 Å². The van der Waals surface area contributed by atoms with Gasteiger partial charge in [-0.3, -0.25) is 4.57 Å². The lowest BCUT2D eigenvalue weighted by molar-refractivity contribution is -0.0298. The second-order valence-electron chi connectivity index (χ2n) is 3.93. The number of aromatic nitrogens is 4. The number of fused-ring (bicyclic) bond motifs is 1. The molecule has 0 aliphatic carbocycles. The topological polar surface area (TPSA) is 52.8 Å². The monoisotopic (exact) mass is 318 g/mol. The van der Waals surface area contributed by atoms with E-state index >= 15 is 0 Å². The minimum Gasteiger partial charge on any atom is -0.358 e. The summed E-state index contributed by atoms with van der Waals surface area (Å²) >= 11 is 11.8. The summed E-state index contributed by atoms with van der Waals surface area (Å²) in [5.74, 6) is 0. The second kappa shape index (κ2) is 7.76. The lowest BCUT2D eigenvalue weighted by Gasteiger charge is -2.23. The van der Waals surface area contributed by atoms with Crippen molar-refractivity contribution in [2.75, 3.05) is 6.61 Å². The van der Waals surface area contributed by atoms with E-state index in [2.05, 4.69) is 15.0 Å². The van der Waals surface area contributed by atoms with E-state index in [-0.39, 0.29) is 24.1 Å². The fraction of sp³-hybridized carbons (Fsp3) is 0.615. The van der Waals surface area contributed by atoms with Crippen LogP contribution in [-0.2, 0) is 4.74 Å². The Hall–Kier alpha value is -0.910. The van der Waals surface area contributed by atoms with Gasteiger partial charge in [-0.05, 0) is 30.9 Å².